The van der Waals surface area contributed by atoms with Crippen molar-refractivity contribution >= 4 is 17.2 Å². The summed E-state index contributed by atoms with van der Waals surface area (Å²) in [5, 5.41) is 19.0. The van der Waals surface area contributed by atoms with E-state index in [2.05, 4.69) is 41.8 Å². The van der Waals surface area contributed by atoms with E-state index in [-0.39, 0.29) is 6.04 Å². The number of ether oxygens (including phenoxy) is 1. The SMILES string of the molecule is CC[C@@H]1c2nnc(C)n2-c2cnc(-c3cn[nH]c3-c3nccs3)nc2N1C1CCOCC1. The van der Waals surface area contributed by atoms with E-state index >= 15 is 0 Å². The van der Waals surface area contributed by atoms with Gasteiger partial charge in [0.1, 0.15) is 22.2 Å². The highest BCUT2D eigenvalue weighted by Gasteiger charge is 2.39. The van der Waals surface area contributed by atoms with Crippen LogP contribution in [0.15, 0.2) is 24.0 Å². The summed E-state index contributed by atoms with van der Waals surface area (Å²) in [5.41, 5.74) is 2.59. The lowest BCUT2D eigenvalue weighted by molar-refractivity contribution is 0.0817. The summed E-state index contributed by atoms with van der Waals surface area (Å²) in [5.74, 6) is 3.33. The summed E-state index contributed by atoms with van der Waals surface area (Å²) >= 11 is 1.56. The predicted octanol–water partition coefficient (Wildman–Crippen LogP) is 3.33. The van der Waals surface area contributed by atoms with Gasteiger partial charge in [0, 0.05) is 30.8 Å². The Morgan fingerprint density at radius 1 is 1.19 bits per heavy atom. The molecule has 32 heavy (non-hydrogen) atoms. The van der Waals surface area contributed by atoms with Crippen molar-refractivity contribution in [1.82, 2.24) is 39.9 Å². The van der Waals surface area contributed by atoms with E-state index in [0.29, 0.717) is 11.9 Å². The Morgan fingerprint density at radius 3 is 2.84 bits per heavy atom. The summed E-state index contributed by atoms with van der Waals surface area (Å²) in [7, 11) is 0. The van der Waals surface area contributed by atoms with Gasteiger partial charge in [-0.1, -0.05) is 6.92 Å². The Kier molecular flexibility index (Phi) is 4.72. The van der Waals surface area contributed by atoms with E-state index in [1.165, 1.54) is 0 Å². The molecular weight excluding hydrogens is 426 g/mol. The topological polar surface area (TPSA) is 111 Å². The molecule has 6 heterocycles. The fraction of sp³-hybridized carbons (Fsp3) is 0.429. The molecule has 4 aromatic heterocycles. The molecule has 4 aromatic rings. The zero-order valence-electron chi connectivity index (χ0n) is 17.9. The molecule has 0 aromatic carbocycles. The minimum atomic E-state index is 0.0948. The Bertz CT molecular complexity index is 1240. The van der Waals surface area contributed by atoms with E-state index in [1.807, 2.05) is 18.5 Å². The minimum Gasteiger partial charge on any atom is -0.381 e. The molecule has 0 spiro atoms. The van der Waals surface area contributed by atoms with Crippen LogP contribution in [0.1, 0.15) is 43.9 Å². The molecule has 1 atom stereocenters. The van der Waals surface area contributed by atoms with Crippen molar-refractivity contribution in [2.45, 2.75) is 45.2 Å². The van der Waals surface area contributed by atoms with Gasteiger partial charge in [-0.3, -0.25) is 9.67 Å². The van der Waals surface area contributed by atoms with Crippen LogP contribution in [0.3, 0.4) is 0 Å². The number of nitrogens with zero attached hydrogens (tertiary/aromatic N) is 8. The first-order valence-electron chi connectivity index (χ1n) is 10.8. The van der Waals surface area contributed by atoms with Gasteiger partial charge < -0.3 is 9.64 Å². The number of fused-ring (bicyclic) bond motifs is 3. The summed E-state index contributed by atoms with van der Waals surface area (Å²) < 4.78 is 7.75. The van der Waals surface area contributed by atoms with Gasteiger partial charge in [-0.05, 0) is 26.2 Å². The number of H-pyrrole nitrogens is 1. The van der Waals surface area contributed by atoms with Gasteiger partial charge in [-0.25, -0.2) is 15.0 Å². The summed E-state index contributed by atoms with van der Waals surface area (Å²) in [6, 6.07) is 0.418. The highest BCUT2D eigenvalue weighted by molar-refractivity contribution is 7.13. The molecular formula is C21H23N9OS. The average molecular weight is 450 g/mol. The van der Waals surface area contributed by atoms with Crippen LogP contribution in [-0.4, -0.2) is 59.2 Å². The molecule has 10 nitrogen and oxygen atoms in total. The Morgan fingerprint density at radius 2 is 2.06 bits per heavy atom. The highest BCUT2D eigenvalue weighted by Crippen LogP contribution is 2.42. The summed E-state index contributed by atoms with van der Waals surface area (Å²) in [4.78, 5) is 16.7. The first kappa shape index (κ1) is 19.5. The molecule has 1 fully saturated rings. The maximum absolute atomic E-state index is 5.65. The van der Waals surface area contributed by atoms with Crippen molar-refractivity contribution in [3.63, 3.8) is 0 Å². The monoisotopic (exact) mass is 449 g/mol. The van der Waals surface area contributed by atoms with Crippen LogP contribution in [-0.2, 0) is 4.74 Å². The number of hydrogen-bond acceptors (Lipinski definition) is 9. The maximum Gasteiger partial charge on any atom is 0.165 e. The van der Waals surface area contributed by atoms with Gasteiger partial charge >= 0.3 is 0 Å². The molecule has 6 rings (SSSR count). The number of aromatic nitrogens is 8. The molecule has 1 saturated heterocycles. The van der Waals surface area contributed by atoms with E-state index in [4.69, 9.17) is 14.7 Å². The van der Waals surface area contributed by atoms with E-state index in [1.54, 1.807) is 23.7 Å². The maximum atomic E-state index is 5.65. The molecule has 2 aliphatic rings. The van der Waals surface area contributed by atoms with Crippen molar-refractivity contribution in [2.75, 3.05) is 18.1 Å². The molecule has 164 valence electrons. The predicted molar refractivity (Wildman–Crippen MR) is 120 cm³/mol. The Hall–Kier alpha value is -3.18. The average Bonchev–Trinajstić information content (AvgIpc) is 3.59. The summed E-state index contributed by atoms with van der Waals surface area (Å²) in [6.07, 6.45) is 8.26. The van der Waals surface area contributed by atoms with E-state index in [0.717, 1.165) is 71.9 Å². The fourth-order valence-corrected chi connectivity index (χ4v) is 5.39. The minimum absolute atomic E-state index is 0.0948. The third kappa shape index (κ3) is 2.95. The number of nitrogens with one attached hydrogen (secondary N) is 1. The van der Waals surface area contributed by atoms with Crippen LogP contribution >= 0.6 is 11.3 Å². The molecule has 11 heteroatoms. The quantitative estimate of drug-likeness (QED) is 0.505. The van der Waals surface area contributed by atoms with Crippen molar-refractivity contribution in [1.29, 1.82) is 0 Å². The van der Waals surface area contributed by atoms with E-state index < -0.39 is 0 Å². The molecule has 1 N–H and O–H groups in total. The highest BCUT2D eigenvalue weighted by atomic mass is 32.1. The number of thiazole rings is 1. The largest absolute Gasteiger partial charge is 0.381 e. The first-order chi connectivity index (χ1) is 15.8. The third-order valence-corrected chi connectivity index (χ3v) is 7.01. The standard InChI is InChI=1S/C21H23N9OS/c1-3-15-20-28-26-12(2)29(20)16-11-23-18(14-10-24-27-17(14)21-22-6-9-32-21)25-19(16)30(15)13-4-7-31-8-5-13/h6,9-11,13,15H,3-5,7-8H2,1-2H3,(H,24,27)/t15-/m1/s1. The van der Waals surface area contributed by atoms with Crippen molar-refractivity contribution in [2.24, 2.45) is 0 Å². The van der Waals surface area contributed by atoms with Gasteiger partial charge in [0.05, 0.1) is 24.0 Å². The molecule has 0 bridgehead atoms. The number of rotatable bonds is 4. The number of anilines is 1. The lowest BCUT2D eigenvalue weighted by Gasteiger charge is -2.43. The molecule has 2 aliphatic heterocycles. The second-order valence-corrected chi connectivity index (χ2v) is 8.91. The fourth-order valence-electron chi connectivity index (χ4n) is 4.74. The van der Waals surface area contributed by atoms with Crippen molar-refractivity contribution < 1.29 is 4.74 Å². The van der Waals surface area contributed by atoms with Crippen LogP contribution in [0.25, 0.3) is 27.8 Å². The lowest BCUT2D eigenvalue weighted by atomic mass is 10.0. The van der Waals surface area contributed by atoms with Crippen LogP contribution in [0, 0.1) is 6.92 Å². The molecule has 0 unspecified atom stereocenters. The molecule has 0 amide bonds. The Labute approximate surface area is 188 Å². The van der Waals surface area contributed by atoms with Gasteiger partial charge in [0.2, 0.25) is 0 Å². The number of aromatic amines is 1. The number of hydrogen-bond donors (Lipinski definition) is 1. The normalized spacial score (nSPS) is 18.6. The van der Waals surface area contributed by atoms with Gasteiger partial charge in [-0.15, -0.1) is 21.5 Å². The molecule has 0 aliphatic carbocycles. The zero-order valence-corrected chi connectivity index (χ0v) is 18.7. The number of aryl methyl sites for hydroxylation is 1. The van der Waals surface area contributed by atoms with Gasteiger partial charge in [0.15, 0.2) is 17.5 Å². The van der Waals surface area contributed by atoms with Gasteiger partial charge in [-0.2, -0.15) is 5.10 Å². The van der Waals surface area contributed by atoms with Crippen molar-refractivity contribution in [3.05, 3.63) is 35.6 Å². The van der Waals surface area contributed by atoms with Crippen LogP contribution in [0.2, 0.25) is 0 Å². The van der Waals surface area contributed by atoms with Crippen molar-refractivity contribution in [3.8, 4) is 27.8 Å². The van der Waals surface area contributed by atoms with Crippen LogP contribution in [0.4, 0.5) is 5.82 Å². The second kappa shape index (κ2) is 7.75. The van der Waals surface area contributed by atoms with E-state index in [9.17, 15) is 0 Å². The van der Waals surface area contributed by atoms with Crippen LogP contribution < -0.4 is 4.90 Å². The smallest absolute Gasteiger partial charge is 0.165 e. The summed E-state index contributed by atoms with van der Waals surface area (Å²) in [6.45, 7) is 5.68. The lowest BCUT2D eigenvalue weighted by Crippen LogP contribution is -2.45. The van der Waals surface area contributed by atoms with Gasteiger partial charge in [0.25, 0.3) is 0 Å². The Balaban J connectivity index is 1.53. The first-order valence-corrected chi connectivity index (χ1v) is 11.7. The molecule has 0 saturated carbocycles. The van der Waals surface area contributed by atoms with Crippen LogP contribution in [0.5, 0.6) is 0 Å². The second-order valence-electron chi connectivity index (χ2n) is 8.01. The molecule has 0 radical (unpaired) electrons. The third-order valence-electron chi connectivity index (χ3n) is 6.22. The zero-order chi connectivity index (χ0) is 21.7.